The van der Waals surface area contributed by atoms with Gasteiger partial charge in [-0.2, -0.15) is 0 Å². The lowest BCUT2D eigenvalue weighted by Gasteiger charge is -2.16. The molecule has 3 aromatic carbocycles. The molecule has 4 rings (SSSR count). The molecule has 0 saturated heterocycles. The molecule has 0 spiro atoms. The number of amides is 2. The Balaban J connectivity index is 1.74. The summed E-state index contributed by atoms with van der Waals surface area (Å²) in [5.74, 6) is 0.588. The molecule has 0 aliphatic carbocycles. The van der Waals surface area contributed by atoms with Gasteiger partial charge in [-0.15, -0.1) is 0 Å². The monoisotopic (exact) mass is 456 g/mol. The van der Waals surface area contributed by atoms with Gasteiger partial charge in [-0.1, -0.05) is 55.5 Å². The van der Waals surface area contributed by atoms with Gasteiger partial charge < -0.3 is 14.8 Å². The first kappa shape index (κ1) is 23.1. The quantitative estimate of drug-likeness (QED) is 0.449. The van der Waals surface area contributed by atoms with Crippen molar-refractivity contribution in [2.45, 2.75) is 26.8 Å². The summed E-state index contributed by atoms with van der Waals surface area (Å²) in [6.45, 7) is 4.80. The van der Waals surface area contributed by atoms with Gasteiger partial charge in [-0.25, -0.2) is 0 Å². The molecule has 2 amide bonds. The van der Waals surface area contributed by atoms with Crippen LogP contribution in [0.15, 0.2) is 78.5 Å². The molecule has 0 atom stereocenters. The van der Waals surface area contributed by atoms with Crippen molar-refractivity contribution in [3.05, 3.63) is 95.2 Å². The first-order chi connectivity index (χ1) is 16.5. The molecule has 1 heterocycles. The number of nitrogens with zero attached hydrogens (tertiary/aromatic N) is 1. The van der Waals surface area contributed by atoms with Crippen LogP contribution in [0, 0.1) is 6.92 Å². The molecule has 34 heavy (non-hydrogen) atoms. The first-order valence-electron chi connectivity index (χ1n) is 11.3. The van der Waals surface area contributed by atoms with E-state index in [-0.39, 0.29) is 24.1 Å². The maximum Gasteiger partial charge on any atom is 0.278 e. The second kappa shape index (κ2) is 10.3. The predicted molar refractivity (Wildman–Crippen MR) is 133 cm³/mol. The normalized spacial score (nSPS) is 13.4. The van der Waals surface area contributed by atoms with Gasteiger partial charge in [0.15, 0.2) is 0 Å². The standard InChI is InChI=1S/C28H28N2O4/c1-4-16-34-22-13-11-21(12-14-22)25-26(29-23-17-19(2)10-15-24(23)33-3)28(32)30(27(25)31)18-20-8-6-5-7-9-20/h5-15,17,29H,4,16,18H2,1-3H3. The van der Waals surface area contributed by atoms with Gasteiger partial charge in [0.05, 0.1) is 31.5 Å². The average Bonchev–Trinajstić information content (AvgIpc) is 3.08. The summed E-state index contributed by atoms with van der Waals surface area (Å²) >= 11 is 0. The zero-order valence-corrected chi connectivity index (χ0v) is 19.6. The van der Waals surface area contributed by atoms with E-state index in [2.05, 4.69) is 5.32 Å². The highest BCUT2D eigenvalue weighted by atomic mass is 16.5. The number of nitrogens with one attached hydrogen (secondary N) is 1. The van der Waals surface area contributed by atoms with Crippen LogP contribution in [0.1, 0.15) is 30.0 Å². The number of aryl methyl sites for hydroxylation is 1. The van der Waals surface area contributed by atoms with Gasteiger partial charge in [0, 0.05) is 0 Å². The van der Waals surface area contributed by atoms with Crippen LogP contribution in [0.5, 0.6) is 11.5 Å². The van der Waals surface area contributed by atoms with Gasteiger partial charge in [0.25, 0.3) is 11.8 Å². The Kier molecular flexibility index (Phi) is 6.97. The second-order valence-corrected chi connectivity index (χ2v) is 8.13. The Labute approximate surface area is 199 Å². The van der Waals surface area contributed by atoms with Gasteiger partial charge in [0.2, 0.25) is 0 Å². The van der Waals surface area contributed by atoms with Crippen molar-refractivity contribution < 1.29 is 19.1 Å². The van der Waals surface area contributed by atoms with E-state index in [1.54, 1.807) is 7.11 Å². The molecule has 1 aliphatic rings. The first-order valence-corrected chi connectivity index (χ1v) is 11.3. The lowest BCUT2D eigenvalue weighted by molar-refractivity contribution is -0.137. The highest BCUT2D eigenvalue weighted by Gasteiger charge is 2.39. The van der Waals surface area contributed by atoms with Crippen molar-refractivity contribution in [2.75, 3.05) is 19.0 Å². The number of imide groups is 1. The summed E-state index contributed by atoms with van der Waals surface area (Å²) in [6, 6.07) is 22.4. The molecule has 0 saturated carbocycles. The number of hydrogen-bond acceptors (Lipinski definition) is 5. The molecule has 6 heteroatoms. The molecule has 6 nitrogen and oxygen atoms in total. The van der Waals surface area contributed by atoms with Crippen LogP contribution < -0.4 is 14.8 Å². The van der Waals surface area contributed by atoms with E-state index in [0.717, 1.165) is 23.3 Å². The van der Waals surface area contributed by atoms with Crippen molar-refractivity contribution in [2.24, 2.45) is 0 Å². The zero-order valence-electron chi connectivity index (χ0n) is 19.6. The third kappa shape index (κ3) is 4.81. The van der Waals surface area contributed by atoms with Crippen molar-refractivity contribution >= 4 is 23.1 Å². The van der Waals surface area contributed by atoms with Crippen LogP contribution in [0.4, 0.5) is 5.69 Å². The van der Waals surface area contributed by atoms with E-state index in [4.69, 9.17) is 9.47 Å². The fourth-order valence-corrected chi connectivity index (χ4v) is 3.86. The van der Waals surface area contributed by atoms with Crippen LogP contribution in [-0.4, -0.2) is 30.4 Å². The summed E-state index contributed by atoms with van der Waals surface area (Å²) in [7, 11) is 1.57. The Morgan fingerprint density at radius 2 is 1.65 bits per heavy atom. The SMILES string of the molecule is CCCOc1ccc(C2=C(Nc3cc(C)ccc3OC)C(=O)N(Cc3ccccc3)C2=O)cc1. The zero-order chi connectivity index (χ0) is 24.1. The maximum absolute atomic E-state index is 13.5. The number of carbonyl (C=O) groups is 2. The molecule has 0 fully saturated rings. The fourth-order valence-electron chi connectivity index (χ4n) is 3.86. The fraction of sp³-hybridized carbons (Fsp3) is 0.214. The highest BCUT2D eigenvalue weighted by Crippen LogP contribution is 2.35. The highest BCUT2D eigenvalue weighted by molar-refractivity contribution is 6.36. The Morgan fingerprint density at radius 1 is 0.912 bits per heavy atom. The van der Waals surface area contributed by atoms with Crippen molar-refractivity contribution in [1.29, 1.82) is 0 Å². The minimum atomic E-state index is -0.376. The molecule has 0 unspecified atom stereocenters. The number of hydrogen-bond donors (Lipinski definition) is 1. The lowest BCUT2D eigenvalue weighted by Crippen LogP contribution is -2.32. The second-order valence-electron chi connectivity index (χ2n) is 8.13. The summed E-state index contributed by atoms with van der Waals surface area (Å²) in [4.78, 5) is 28.3. The van der Waals surface area contributed by atoms with Gasteiger partial charge >= 0.3 is 0 Å². The van der Waals surface area contributed by atoms with Crippen LogP contribution in [0.25, 0.3) is 5.57 Å². The van der Waals surface area contributed by atoms with E-state index in [9.17, 15) is 9.59 Å². The molecular formula is C28H28N2O4. The maximum atomic E-state index is 13.5. The van der Waals surface area contributed by atoms with Gasteiger partial charge in [-0.3, -0.25) is 14.5 Å². The molecule has 0 radical (unpaired) electrons. The number of rotatable bonds is 9. The van der Waals surface area contributed by atoms with E-state index in [1.165, 1.54) is 4.90 Å². The van der Waals surface area contributed by atoms with Crippen LogP contribution in [-0.2, 0) is 16.1 Å². The van der Waals surface area contributed by atoms with Crippen molar-refractivity contribution in [3.63, 3.8) is 0 Å². The summed E-state index contributed by atoms with van der Waals surface area (Å²) in [5.41, 5.74) is 3.70. The minimum absolute atomic E-state index is 0.190. The number of ether oxygens (including phenoxy) is 2. The van der Waals surface area contributed by atoms with Gasteiger partial charge in [0.1, 0.15) is 17.2 Å². The third-order valence-corrected chi connectivity index (χ3v) is 5.58. The third-order valence-electron chi connectivity index (χ3n) is 5.58. The number of benzene rings is 3. The minimum Gasteiger partial charge on any atom is -0.495 e. The summed E-state index contributed by atoms with van der Waals surface area (Å²) in [6.07, 6.45) is 0.904. The van der Waals surface area contributed by atoms with Crippen LogP contribution >= 0.6 is 0 Å². The molecular weight excluding hydrogens is 428 g/mol. The molecule has 0 bridgehead atoms. The van der Waals surface area contributed by atoms with Gasteiger partial charge in [-0.05, 0) is 54.3 Å². The number of methoxy groups -OCH3 is 1. The largest absolute Gasteiger partial charge is 0.495 e. The molecule has 1 N–H and O–H groups in total. The number of carbonyl (C=O) groups excluding carboxylic acids is 2. The van der Waals surface area contributed by atoms with E-state index >= 15 is 0 Å². The smallest absolute Gasteiger partial charge is 0.278 e. The molecule has 3 aromatic rings. The van der Waals surface area contributed by atoms with Crippen LogP contribution in [0.2, 0.25) is 0 Å². The van der Waals surface area contributed by atoms with E-state index in [0.29, 0.717) is 29.2 Å². The van der Waals surface area contributed by atoms with Crippen molar-refractivity contribution in [3.8, 4) is 11.5 Å². The Bertz CT molecular complexity index is 1220. The summed E-state index contributed by atoms with van der Waals surface area (Å²) < 4.78 is 11.2. The molecule has 0 aromatic heterocycles. The topological polar surface area (TPSA) is 67.9 Å². The predicted octanol–water partition coefficient (Wildman–Crippen LogP) is 5.18. The van der Waals surface area contributed by atoms with E-state index in [1.807, 2.05) is 86.6 Å². The molecule has 1 aliphatic heterocycles. The van der Waals surface area contributed by atoms with Crippen LogP contribution in [0.3, 0.4) is 0 Å². The number of anilines is 1. The average molecular weight is 457 g/mol. The van der Waals surface area contributed by atoms with Crippen molar-refractivity contribution in [1.82, 2.24) is 4.90 Å². The summed E-state index contributed by atoms with van der Waals surface area (Å²) in [5, 5.41) is 3.21. The molecule has 174 valence electrons. The Hall–Kier alpha value is -4.06. The van der Waals surface area contributed by atoms with E-state index < -0.39 is 0 Å². The Morgan fingerprint density at radius 3 is 2.32 bits per heavy atom. The lowest BCUT2D eigenvalue weighted by atomic mass is 10.0.